The van der Waals surface area contributed by atoms with Gasteiger partial charge in [-0.3, -0.25) is 14.4 Å². The summed E-state index contributed by atoms with van der Waals surface area (Å²) in [6.45, 7) is 6.63. The molecule has 0 N–H and O–H groups in total. The number of rotatable bonds is 50. The first-order valence-corrected chi connectivity index (χ1v) is 27.3. The van der Waals surface area contributed by atoms with Crippen LogP contribution in [0, 0.1) is 0 Å². The predicted octanol–water partition coefficient (Wildman–Crippen LogP) is 17.9. The third kappa shape index (κ3) is 48.9. The van der Waals surface area contributed by atoms with Gasteiger partial charge in [-0.2, -0.15) is 0 Å². The van der Waals surface area contributed by atoms with E-state index in [0.717, 1.165) is 64.2 Å². The molecule has 1 unspecified atom stereocenters. The number of hydrogen-bond acceptors (Lipinski definition) is 6. The molecule has 0 aromatic carbocycles. The molecule has 0 saturated heterocycles. The van der Waals surface area contributed by atoms with Gasteiger partial charge in [-0.1, -0.05) is 251 Å². The van der Waals surface area contributed by atoms with Gasteiger partial charge in [0.2, 0.25) is 0 Å². The van der Waals surface area contributed by atoms with Crippen LogP contribution in [0.2, 0.25) is 0 Å². The number of hydrogen-bond donors (Lipinski definition) is 0. The zero-order chi connectivity index (χ0) is 45.1. The van der Waals surface area contributed by atoms with Gasteiger partial charge in [-0.25, -0.2) is 0 Å². The molecule has 0 spiro atoms. The Labute approximate surface area is 385 Å². The van der Waals surface area contributed by atoms with Crippen LogP contribution in [-0.4, -0.2) is 37.2 Å². The zero-order valence-electron chi connectivity index (χ0n) is 41.7. The number of allylic oxidation sites excluding steroid dienone is 4. The Morgan fingerprint density at radius 3 is 0.887 bits per heavy atom. The van der Waals surface area contributed by atoms with Crippen LogP contribution in [0.4, 0.5) is 0 Å². The standard InChI is InChI=1S/C56H104O6/c1-4-7-10-13-16-19-21-23-24-25-26-27-28-29-30-31-32-34-35-37-40-43-46-49-55(58)61-52-53(51-60-54(57)48-45-42-39-18-15-12-9-6-3)62-56(59)50-47-44-41-38-36-33-22-20-17-14-11-8-5-2/h21,23,25-26,53H,4-20,22,24,27-52H2,1-3H3/b23-21-,26-25-. The van der Waals surface area contributed by atoms with Crippen LogP contribution in [-0.2, 0) is 28.6 Å². The Hall–Kier alpha value is -2.11. The number of carbonyl (C=O) groups is 3. The van der Waals surface area contributed by atoms with Gasteiger partial charge >= 0.3 is 17.9 Å². The molecule has 0 fully saturated rings. The molecule has 0 rings (SSSR count). The second-order valence-corrected chi connectivity index (χ2v) is 18.5. The summed E-state index contributed by atoms with van der Waals surface area (Å²) in [5, 5.41) is 0. The molecule has 364 valence electrons. The molecular weight excluding hydrogens is 769 g/mol. The number of carbonyl (C=O) groups excluding carboxylic acids is 3. The molecule has 6 nitrogen and oxygen atoms in total. The first kappa shape index (κ1) is 59.9. The molecule has 0 amide bonds. The molecule has 62 heavy (non-hydrogen) atoms. The topological polar surface area (TPSA) is 78.9 Å². The van der Waals surface area contributed by atoms with Gasteiger partial charge in [0.1, 0.15) is 13.2 Å². The van der Waals surface area contributed by atoms with Crippen molar-refractivity contribution in [1.29, 1.82) is 0 Å². The van der Waals surface area contributed by atoms with Gasteiger partial charge in [0.15, 0.2) is 6.10 Å². The van der Waals surface area contributed by atoms with E-state index in [1.807, 2.05) is 0 Å². The molecule has 0 bridgehead atoms. The molecule has 6 heteroatoms. The molecule has 0 aromatic heterocycles. The fourth-order valence-electron chi connectivity index (χ4n) is 8.06. The maximum atomic E-state index is 12.8. The summed E-state index contributed by atoms with van der Waals surface area (Å²) >= 11 is 0. The first-order chi connectivity index (χ1) is 30.5. The van der Waals surface area contributed by atoms with Crippen LogP contribution in [0.5, 0.6) is 0 Å². The normalized spacial score (nSPS) is 12.1. The van der Waals surface area contributed by atoms with Crippen molar-refractivity contribution in [3.8, 4) is 0 Å². The SMILES string of the molecule is CCCCCCC/C=C\C/C=C\CCCCCCCCCCCCCC(=O)OCC(COC(=O)CCCCCCCCCC)OC(=O)CCCCCCCCCCCCCCC. The van der Waals surface area contributed by atoms with E-state index < -0.39 is 6.10 Å². The summed E-state index contributed by atoms with van der Waals surface area (Å²) < 4.78 is 16.8. The van der Waals surface area contributed by atoms with E-state index in [2.05, 4.69) is 45.1 Å². The fourth-order valence-corrected chi connectivity index (χ4v) is 8.06. The van der Waals surface area contributed by atoms with E-state index in [4.69, 9.17) is 14.2 Å². The third-order valence-electron chi connectivity index (χ3n) is 12.2. The minimum absolute atomic E-state index is 0.0672. The second-order valence-electron chi connectivity index (χ2n) is 18.5. The molecule has 0 heterocycles. The predicted molar refractivity (Wildman–Crippen MR) is 266 cm³/mol. The van der Waals surface area contributed by atoms with Crippen molar-refractivity contribution in [2.24, 2.45) is 0 Å². The quantitative estimate of drug-likeness (QED) is 0.0262. The van der Waals surface area contributed by atoms with Crippen molar-refractivity contribution < 1.29 is 28.6 Å². The van der Waals surface area contributed by atoms with Gasteiger partial charge in [-0.15, -0.1) is 0 Å². The lowest BCUT2D eigenvalue weighted by molar-refractivity contribution is -0.167. The van der Waals surface area contributed by atoms with E-state index in [0.29, 0.717) is 19.3 Å². The van der Waals surface area contributed by atoms with Crippen molar-refractivity contribution in [2.45, 2.75) is 303 Å². The Kier molecular flexibility index (Phi) is 49.8. The highest BCUT2D eigenvalue weighted by Crippen LogP contribution is 2.16. The zero-order valence-corrected chi connectivity index (χ0v) is 41.7. The smallest absolute Gasteiger partial charge is 0.306 e. The van der Waals surface area contributed by atoms with E-state index in [1.54, 1.807) is 0 Å². The minimum Gasteiger partial charge on any atom is -0.462 e. The average molecular weight is 873 g/mol. The van der Waals surface area contributed by atoms with Crippen molar-refractivity contribution in [1.82, 2.24) is 0 Å². The van der Waals surface area contributed by atoms with Gasteiger partial charge in [0, 0.05) is 19.3 Å². The number of ether oxygens (including phenoxy) is 3. The monoisotopic (exact) mass is 873 g/mol. The summed E-state index contributed by atoms with van der Waals surface area (Å²) in [6, 6.07) is 0. The highest BCUT2D eigenvalue weighted by atomic mass is 16.6. The molecule has 0 saturated carbocycles. The molecule has 0 aliphatic heterocycles. The van der Waals surface area contributed by atoms with Crippen molar-refractivity contribution in [2.75, 3.05) is 13.2 Å². The van der Waals surface area contributed by atoms with Gasteiger partial charge < -0.3 is 14.2 Å². The molecule has 0 radical (unpaired) electrons. The highest BCUT2D eigenvalue weighted by molar-refractivity contribution is 5.71. The summed E-state index contributed by atoms with van der Waals surface area (Å²) in [7, 11) is 0. The van der Waals surface area contributed by atoms with Crippen LogP contribution < -0.4 is 0 Å². The van der Waals surface area contributed by atoms with Crippen LogP contribution in [0.1, 0.15) is 297 Å². The lowest BCUT2D eigenvalue weighted by atomic mass is 10.0. The van der Waals surface area contributed by atoms with Crippen LogP contribution in [0.15, 0.2) is 24.3 Å². The summed E-state index contributed by atoms with van der Waals surface area (Å²) in [5.74, 6) is -0.858. The lowest BCUT2D eigenvalue weighted by Crippen LogP contribution is -2.30. The number of unbranched alkanes of at least 4 members (excludes halogenated alkanes) is 35. The Morgan fingerprint density at radius 2 is 0.581 bits per heavy atom. The molecule has 0 aliphatic carbocycles. The average Bonchev–Trinajstić information content (AvgIpc) is 3.27. The van der Waals surface area contributed by atoms with Crippen LogP contribution >= 0.6 is 0 Å². The van der Waals surface area contributed by atoms with Crippen molar-refractivity contribution in [3.05, 3.63) is 24.3 Å². The summed E-state index contributed by atoms with van der Waals surface area (Å²) in [6.07, 6.45) is 58.9. The van der Waals surface area contributed by atoms with E-state index in [1.165, 1.54) is 193 Å². The van der Waals surface area contributed by atoms with Crippen LogP contribution in [0.3, 0.4) is 0 Å². The minimum atomic E-state index is -0.764. The van der Waals surface area contributed by atoms with Crippen LogP contribution in [0.25, 0.3) is 0 Å². The van der Waals surface area contributed by atoms with Gasteiger partial charge in [0.25, 0.3) is 0 Å². The highest BCUT2D eigenvalue weighted by Gasteiger charge is 2.19. The number of esters is 3. The second kappa shape index (κ2) is 51.5. The molecule has 0 aliphatic rings. The summed E-state index contributed by atoms with van der Waals surface area (Å²) in [4.78, 5) is 37.9. The maximum Gasteiger partial charge on any atom is 0.306 e. The fraction of sp³-hybridized carbons (Fsp3) is 0.875. The largest absolute Gasteiger partial charge is 0.462 e. The van der Waals surface area contributed by atoms with Gasteiger partial charge in [0.05, 0.1) is 0 Å². The maximum absolute atomic E-state index is 12.8. The Morgan fingerprint density at radius 1 is 0.323 bits per heavy atom. The van der Waals surface area contributed by atoms with Crippen molar-refractivity contribution >= 4 is 17.9 Å². The lowest BCUT2D eigenvalue weighted by Gasteiger charge is -2.18. The van der Waals surface area contributed by atoms with E-state index in [-0.39, 0.29) is 31.1 Å². The van der Waals surface area contributed by atoms with E-state index >= 15 is 0 Å². The van der Waals surface area contributed by atoms with Crippen molar-refractivity contribution in [3.63, 3.8) is 0 Å². The molecular formula is C56H104O6. The Bertz CT molecular complexity index is 1000. The third-order valence-corrected chi connectivity index (χ3v) is 12.2. The van der Waals surface area contributed by atoms with Gasteiger partial charge in [-0.05, 0) is 51.4 Å². The molecule has 1 atom stereocenters. The first-order valence-electron chi connectivity index (χ1n) is 27.3. The summed E-state index contributed by atoms with van der Waals surface area (Å²) in [5.41, 5.74) is 0. The van der Waals surface area contributed by atoms with E-state index in [9.17, 15) is 14.4 Å². The Balaban J connectivity index is 4.16. The molecule has 0 aromatic rings.